The molecule has 4 nitrogen and oxygen atoms in total. The van der Waals surface area contributed by atoms with Gasteiger partial charge in [-0.2, -0.15) is 5.10 Å². The Morgan fingerprint density at radius 1 is 0.875 bits per heavy atom. The van der Waals surface area contributed by atoms with Crippen LogP contribution in [0, 0.1) is 0 Å². The van der Waals surface area contributed by atoms with Crippen LogP contribution in [0.4, 0.5) is 5.69 Å². The highest BCUT2D eigenvalue weighted by Gasteiger charge is 2.12. The number of hydrogen-bond donors (Lipinski definition) is 1. The molecule has 0 atom stereocenters. The zero-order valence-corrected chi connectivity index (χ0v) is 12.9. The summed E-state index contributed by atoms with van der Waals surface area (Å²) < 4.78 is 1.69. The van der Waals surface area contributed by atoms with Crippen LogP contribution in [0.15, 0.2) is 85.2 Å². The quantitative estimate of drug-likeness (QED) is 0.614. The van der Waals surface area contributed by atoms with Crippen molar-refractivity contribution in [1.29, 1.82) is 0 Å². The van der Waals surface area contributed by atoms with Gasteiger partial charge in [-0.25, -0.2) is 4.68 Å². The molecule has 0 bridgehead atoms. The molecule has 0 unspecified atom stereocenters. The zero-order valence-electron chi connectivity index (χ0n) is 12.9. The van der Waals surface area contributed by atoms with Gasteiger partial charge in [0, 0.05) is 18.1 Å². The molecular weight excluding hydrogens is 298 g/mol. The molecule has 3 aromatic carbocycles. The molecule has 0 aliphatic rings. The van der Waals surface area contributed by atoms with E-state index in [1.54, 1.807) is 16.9 Å². The van der Waals surface area contributed by atoms with Crippen molar-refractivity contribution in [3.63, 3.8) is 0 Å². The molecule has 0 saturated carbocycles. The molecule has 4 heteroatoms. The number of rotatable bonds is 3. The molecule has 24 heavy (non-hydrogen) atoms. The van der Waals surface area contributed by atoms with Gasteiger partial charge in [0.05, 0.1) is 11.3 Å². The lowest BCUT2D eigenvalue weighted by atomic mass is 10.1. The molecule has 0 radical (unpaired) electrons. The van der Waals surface area contributed by atoms with Crippen LogP contribution in [-0.4, -0.2) is 15.7 Å². The SMILES string of the molecule is O=C(Nc1ccc2ccccc2c1)c1ccccc1-n1cccn1. The maximum atomic E-state index is 12.7. The molecule has 4 aromatic rings. The highest BCUT2D eigenvalue weighted by molar-refractivity contribution is 6.07. The first-order valence-corrected chi connectivity index (χ1v) is 7.70. The number of para-hydroxylation sites is 1. The molecule has 0 aliphatic carbocycles. The first kappa shape index (κ1) is 14.2. The van der Waals surface area contributed by atoms with E-state index in [0.29, 0.717) is 5.56 Å². The maximum absolute atomic E-state index is 12.7. The van der Waals surface area contributed by atoms with Crippen molar-refractivity contribution in [1.82, 2.24) is 9.78 Å². The van der Waals surface area contributed by atoms with Crippen molar-refractivity contribution in [2.45, 2.75) is 0 Å². The number of carbonyl (C=O) groups excluding carboxylic acids is 1. The summed E-state index contributed by atoms with van der Waals surface area (Å²) in [4.78, 5) is 12.7. The van der Waals surface area contributed by atoms with Gasteiger partial charge >= 0.3 is 0 Å². The summed E-state index contributed by atoms with van der Waals surface area (Å²) in [6, 6.07) is 23.2. The van der Waals surface area contributed by atoms with Gasteiger partial charge in [-0.1, -0.05) is 42.5 Å². The third-order valence-electron chi connectivity index (χ3n) is 3.91. The van der Waals surface area contributed by atoms with Gasteiger partial charge in [-0.05, 0) is 41.1 Å². The van der Waals surface area contributed by atoms with Gasteiger partial charge in [0.1, 0.15) is 0 Å². The maximum Gasteiger partial charge on any atom is 0.257 e. The van der Waals surface area contributed by atoms with Crippen LogP contribution in [0.3, 0.4) is 0 Å². The van der Waals surface area contributed by atoms with Crippen molar-refractivity contribution >= 4 is 22.4 Å². The second-order valence-corrected chi connectivity index (χ2v) is 5.48. The lowest BCUT2D eigenvalue weighted by Crippen LogP contribution is -2.15. The van der Waals surface area contributed by atoms with Crippen molar-refractivity contribution in [2.24, 2.45) is 0 Å². The molecule has 116 valence electrons. The first-order valence-electron chi connectivity index (χ1n) is 7.70. The Hall–Kier alpha value is -3.40. The third kappa shape index (κ3) is 2.65. The second-order valence-electron chi connectivity index (χ2n) is 5.48. The number of aromatic nitrogens is 2. The van der Waals surface area contributed by atoms with E-state index in [0.717, 1.165) is 22.1 Å². The summed E-state index contributed by atoms with van der Waals surface area (Å²) in [6.07, 6.45) is 3.51. The largest absolute Gasteiger partial charge is 0.322 e. The Balaban J connectivity index is 1.67. The van der Waals surface area contributed by atoms with Crippen LogP contribution in [0.1, 0.15) is 10.4 Å². The van der Waals surface area contributed by atoms with E-state index in [-0.39, 0.29) is 5.91 Å². The predicted octanol–water partition coefficient (Wildman–Crippen LogP) is 4.28. The summed E-state index contributed by atoms with van der Waals surface area (Å²) in [5.74, 6) is -0.156. The lowest BCUT2D eigenvalue weighted by Gasteiger charge is -2.11. The van der Waals surface area contributed by atoms with E-state index in [2.05, 4.69) is 10.4 Å². The first-order chi connectivity index (χ1) is 11.8. The molecule has 1 amide bonds. The lowest BCUT2D eigenvalue weighted by molar-refractivity contribution is 0.102. The minimum absolute atomic E-state index is 0.156. The van der Waals surface area contributed by atoms with Crippen molar-refractivity contribution < 1.29 is 4.79 Å². The van der Waals surface area contributed by atoms with Gasteiger partial charge in [-0.15, -0.1) is 0 Å². The van der Waals surface area contributed by atoms with Gasteiger partial charge < -0.3 is 5.32 Å². The molecule has 4 rings (SSSR count). The van der Waals surface area contributed by atoms with E-state index in [1.165, 1.54) is 0 Å². The Kier molecular flexibility index (Phi) is 3.56. The second kappa shape index (κ2) is 6.01. The van der Waals surface area contributed by atoms with E-state index in [9.17, 15) is 4.79 Å². The molecule has 0 fully saturated rings. The van der Waals surface area contributed by atoms with E-state index in [4.69, 9.17) is 0 Å². The number of nitrogens with zero attached hydrogens (tertiary/aromatic N) is 2. The fourth-order valence-corrected chi connectivity index (χ4v) is 2.74. The Morgan fingerprint density at radius 2 is 1.67 bits per heavy atom. The number of benzene rings is 3. The van der Waals surface area contributed by atoms with Crippen LogP contribution in [0.5, 0.6) is 0 Å². The van der Waals surface area contributed by atoms with E-state index >= 15 is 0 Å². The molecular formula is C20H15N3O. The minimum atomic E-state index is -0.156. The molecule has 0 spiro atoms. The molecule has 1 heterocycles. The third-order valence-corrected chi connectivity index (χ3v) is 3.91. The van der Waals surface area contributed by atoms with Crippen molar-refractivity contribution in [2.75, 3.05) is 5.32 Å². The smallest absolute Gasteiger partial charge is 0.257 e. The summed E-state index contributed by atoms with van der Waals surface area (Å²) >= 11 is 0. The number of fused-ring (bicyclic) bond motifs is 1. The molecule has 1 N–H and O–H groups in total. The van der Waals surface area contributed by atoms with Crippen LogP contribution in [0.25, 0.3) is 16.5 Å². The number of nitrogens with one attached hydrogen (secondary N) is 1. The van der Waals surface area contributed by atoms with E-state index < -0.39 is 0 Å². The summed E-state index contributed by atoms with van der Waals surface area (Å²) in [7, 11) is 0. The van der Waals surface area contributed by atoms with Crippen LogP contribution in [0.2, 0.25) is 0 Å². The highest BCUT2D eigenvalue weighted by Crippen LogP contribution is 2.21. The van der Waals surface area contributed by atoms with Crippen LogP contribution in [-0.2, 0) is 0 Å². The fourth-order valence-electron chi connectivity index (χ4n) is 2.74. The normalized spacial score (nSPS) is 10.7. The highest BCUT2D eigenvalue weighted by atomic mass is 16.1. The van der Waals surface area contributed by atoms with Gasteiger partial charge in [0.15, 0.2) is 0 Å². The van der Waals surface area contributed by atoms with Crippen LogP contribution >= 0.6 is 0 Å². The standard InChI is InChI=1S/C20H15N3O/c24-20(18-8-3-4-9-19(18)23-13-5-12-21-23)22-17-11-10-15-6-1-2-7-16(15)14-17/h1-14H,(H,22,24). The Bertz CT molecular complexity index is 1010. The number of amides is 1. The van der Waals surface area contributed by atoms with Gasteiger partial charge in [0.25, 0.3) is 5.91 Å². The van der Waals surface area contributed by atoms with E-state index in [1.807, 2.05) is 72.9 Å². The van der Waals surface area contributed by atoms with Crippen LogP contribution < -0.4 is 5.32 Å². The molecule has 0 saturated heterocycles. The van der Waals surface area contributed by atoms with Gasteiger partial charge in [0.2, 0.25) is 0 Å². The topological polar surface area (TPSA) is 46.9 Å². The van der Waals surface area contributed by atoms with Crippen molar-refractivity contribution in [3.8, 4) is 5.69 Å². The number of carbonyl (C=O) groups is 1. The molecule has 1 aromatic heterocycles. The zero-order chi connectivity index (χ0) is 16.4. The Morgan fingerprint density at radius 3 is 2.50 bits per heavy atom. The number of hydrogen-bond acceptors (Lipinski definition) is 2. The summed E-state index contributed by atoms with van der Waals surface area (Å²) in [6.45, 7) is 0. The van der Waals surface area contributed by atoms with Gasteiger partial charge in [-0.3, -0.25) is 4.79 Å². The summed E-state index contributed by atoms with van der Waals surface area (Å²) in [5.41, 5.74) is 2.10. The average Bonchev–Trinajstić information content (AvgIpc) is 3.16. The minimum Gasteiger partial charge on any atom is -0.322 e. The van der Waals surface area contributed by atoms with Crippen molar-refractivity contribution in [3.05, 3.63) is 90.8 Å². The molecule has 0 aliphatic heterocycles. The predicted molar refractivity (Wildman–Crippen MR) is 95.5 cm³/mol. The fraction of sp³-hybridized carbons (Fsp3) is 0. The Labute approximate surface area is 139 Å². The average molecular weight is 313 g/mol. The monoisotopic (exact) mass is 313 g/mol. The number of anilines is 1. The summed E-state index contributed by atoms with van der Waals surface area (Å²) in [5, 5.41) is 9.43.